The molecular formula is C16H25N3O. The van der Waals surface area contributed by atoms with Gasteiger partial charge in [-0.2, -0.15) is 0 Å². The number of rotatable bonds is 2. The molecule has 0 spiro atoms. The van der Waals surface area contributed by atoms with Gasteiger partial charge in [-0.1, -0.05) is 26.8 Å². The van der Waals surface area contributed by atoms with Gasteiger partial charge in [-0.15, -0.1) is 0 Å². The molecule has 1 amide bonds. The molecule has 1 aliphatic rings. The van der Waals surface area contributed by atoms with E-state index in [1.54, 1.807) is 6.07 Å². The van der Waals surface area contributed by atoms with Crippen LogP contribution in [0.2, 0.25) is 0 Å². The van der Waals surface area contributed by atoms with E-state index in [-0.39, 0.29) is 5.91 Å². The van der Waals surface area contributed by atoms with Gasteiger partial charge in [0.15, 0.2) is 0 Å². The summed E-state index contributed by atoms with van der Waals surface area (Å²) in [6.07, 6.45) is 2.17. The molecule has 4 heteroatoms. The van der Waals surface area contributed by atoms with Crippen molar-refractivity contribution in [3.8, 4) is 0 Å². The molecule has 0 unspecified atom stereocenters. The maximum atomic E-state index is 12.5. The maximum Gasteiger partial charge on any atom is 0.272 e. The quantitative estimate of drug-likeness (QED) is 0.902. The Kier molecular flexibility index (Phi) is 4.31. The normalized spacial score (nSPS) is 17.1. The highest BCUT2D eigenvalue weighted by Crippen LogP contribution is 2.34. The van der Waals surface area contributed by atoms with E-state index < -0.39 is 0 Å². The van der Waals surface area contributed by atoms with Crippen LogP contribution in [0, 0.1) is 11.3 Å². The number of carbonyl (C=O) groups excluding carboxylic acids is 1. The molecule has 1 aromatic rings. The molecule has 1 N–H and O–H groups in total. The van der Waals surface area contributed by atoms with Crippen molar-refractivity contribution in [2.45, 2.75) is 33.6 Å². The van der Waals surface area contributed by atoms with E-state index in [1.165, 1.54) is 0 Å². The summed E-state index contributed by atoms with van der Waals surface area (Å²) in [5, 5.41) is 2.97. The zero-order chi connectivity index (χ0) is 14.8. The fraction of sp³-hybridized carbons (Fsp3) is 0.625. The van der Waals surface area contributed by atoms with Crippen LogP contribution in [-0.2, 0) is 0 Å². The summed E-state index contributed by atoms with van der Waals surface area (Å²) in [7, 11) is 1.81. The summed E-state index contributed by atoms with van der Waals surface area (Å²) in [5.41, 5.74) is 0.866. The number of carbonyl (C=O) groups is 1. The number of hydrogen-bond donors (Lipinski definition) is 1. The molecule has 1 aromatic heterocycles. The molecule has 20 heavy (non-hydrogen) atoms. The molecule has 1 saturated heterocycles. The van der Waals surface area contributed by atoms with Gasteiger partial charge < -0.3 is 10.2 Å². The molecule has 0 bridgehead atoms. The Bertz CT molecular complexity index is 471. The van der Waals surface area contributed by atoms with E-state index >= 15 is 0 Å². The molecule has 0 aromatic carbocycles. The third-order valence-electron chi connectivity index (χ3n) is 4.23. The topological polar surface area (TPSA) is 45.2 Å². The highest BCUT2D eigenvalue weighted by Gasteiger charge is 2.30. The Morgan fingerprint density at radius 1 is 1.30 bits per heavy atom. The minimum atomic E-state index is 0.0504. The van der Waals surface area contributed by atoms with Crippen LogP contribution < -0.4 is 5.32 Å². The van der Waals surface area contributed by atoms with Crippen molar-refractivity contribution in [2.75, 3.05) is 25.5 Å². The highest BCUT2D eigenvalue weighted by atomic mass is 16.2. The summed E-state index contributed by atoms with van der Waals surface area (Å²) in [5.74, 6) is 1.48. The first-order valence-corrected chi connectivity index (χ1v) is 7.36. The SMILES string of the molecule is CNc1cccc(C(=O)N2CCC(C(C)(C)C)CC2)n1. The van der Waals surface area contributed by atoms with Gasteiger partial charge >= 0.3 is 0 Å². The van der Waals surface area contributed by atoms with Gasteiger partial charge in [0, 0.05) is 20.1 Å². The van der Waals surface area contributed by atoms with Crippen molar-refractivity contribution in [3.63, 3.8) is 0 Å². The number of aromatic nitrogens is 1. The number of nitrogens with zero attached hydrogens (tertiary/aromatic N) is 2. The molecule has 4 nitrogen and oxygen atoms in total. The molecule has 2 rings (SSSR count). The number of hydrogen-bond acceptors (Lipinski definition) is 3. The Labute approximate surface area is 121 Å². The Morgan fingerprint density at radius 2 is 1.95 bits per heavy atom. The number of piperidine rings is 1. The van der Waals surface area contributed by atoms with E-state index in [0.717, 1.165) is 31.7 Å². The molecule has 0 radical (unpaired) electrons. The smallest absolute Gasteiger partial charge is 0.272 e. The van der Waals surface area contributed by atoms with Crippen molar-refractivity contribution < 1.29 is 4.79 Å². The first kappa shape index (κ1) is 14.8. The maximum absolute atomic E-state index is 12.5. The fourth-order valence-electron chi connectivity index (χ4n) is 2.80. The lowest BCUT2D eigenvalue weighted by molar-refractivity contribution is 0.0603. The first-order valence-electron chi connectivity index (χ1n) is 7.36. The van der Waals surface area contributed by atoms with Gasteiger partial charge in [-0.3, -0.25) is 4.79 Å². The van der Waals surface area contributed by atoms with E-state index in [0.29, 0.717) is 17.0 Å². The minimum absolute atomic E-state index is 0.0504. The fourth-order valence-corrected chi connectivity index (χ4v) is 2.80. The zero-order valence-corrected chi connectivity index (χ0v) is 12.9. The molecule has 0 atom stereocenters. The summed E-state index contributed by atoms with van der Waals surface area (Å²) in [6.45, 7) is 8.53. The van der Waals surface area contributed by atoms with Crippen molar-refractivity contribution >= 4 is 11.7 Å². The molecule has 2 heterocycles. The summed E-state index contributed by atoms with van der Waals surface area (Å²) in [6, 6.07) is 5.52. The molecule has 1 aliphatic heterocycles. The summed E-state index contributed by atoms with van der Waals surface area (Å²) >= 11 is 0. The molecule has 0 aliphatic carbocycles. The van der Waals surface area contributed by atoms with E-state index in [4.69, 9.17) is 0 Å². The summed E-state index contributed by atoms with van der Waals surface area (Å²) < 4.78 is 0. The second-order valence-electron chi connectivity index (χ2n) is 6.59. The van der Waals surface area contributed by atoms with Gasteiger partial charge in [-0.05, 0) is 36.3 Å². The Hall–Kier alpha value is -1.58. The second kappa shape index (κ2) is 5.81. The van der Waals surface area contributed by atoms with Crippen LogP contribution in [0.3, 0.4) is 0 Å². The molecule has 1 fully saturated rings. The van der Waals surface area contributed by atoms with E-state index in [9.17, 15) is 4.79 Å². The van der Waals surface area contributed by atoms with Crippen molar-refractivity contribution in [1.82, 2.24) is 9.88 Å². The lowest BCUT2D eigenvalue weighted by Crippen LogP contribution is -2.41. The third-order valence-corrected chi connectivity index (χ3v) is 4.23. The van der Waals surface area contributed by atoms with Crippen LogP contribution in [0.1, 0.15) is 44.1 Å². The van der Waals surface area contributed by atoms with Crippen molar-refractivity contribution in [2.24, 2.45) is 11.3 Å². The van der Waals surface area contributed by atoms with Crippen LogP contribution in [0.15, 0.2) is 18.2 Å². The van der Waals surface area contributed by atoms with Crippen molar-refractivity contribution in [3.05, 3.63) is 23.9 Å². The third kappa shape index (κ3) is 3.30. The Balaban J connectivity index is 2.01. The minimum Gasteiger partial charge on any atom is -0.373 e. The predicted molar refractivity (Wildman–Crippen MR) is 81.9 cm³/mol. The van der Waals surface area contributed by atoms with Gasteiger partial charge in [0.1, 0.15) is 11.5 Å². The standard InChI is InChI=1S/C16H25N3O/c1-16(2,3)12-8-10-19(11-9-12)15(20)13-6-5-7-14(17-4)18-13/h5-7,12H,8-11H2,1-4H3,(H,17,18). The van der Waals surface area contributed by atoms with Gasteiger partial charge in [0.25, 0.3) is 5.91 Å². The van der Waals surface area contributed by atoms with Gasteiger partial charge in [0.05, 0.1) is 0 Å². The van der Waals surface area contributed by atoms with E-state index in [2.05, 4.69) is 31.1 Å². The summed E-state index contributed by atoms with van der Waals surface area (Å²) in [4.78, 5) is 18.7. The van der Waals surface area contributed by atoms with Crippen LogP contribution in [0.5, 0.6) is 0 Å². The highest BCUT2D eigenvalue weighted by molar-refractivity contribution is 5.92. The van der Waals surface area contributed by atoms with Gasteiger partial charge in [0.2, 0.25) is 0 Å². The lowest BCUT2D eigenvalue weighted by atomic mass is 9.75. The molecule has 0 saturated carbocycles. The van der Waals surface area contributed by atoms with Gasteiger partial charge in [-0.25, -0.2) is 4.98 Å². The molecular weight excluding hydrogens is 250 g/mol. The van der Waals surface area contributed by atoms with Crippen LogP contribution >= 0.6 is 0 Å². The predicted octanol–water partition coefficient (Wildman–Crippen LogP) is 3.02. The lowest BCUT2D eigenvalue weighted by Gasteiger charge is -2.38. The zero-order valence-electron chi connectivity index (χ0n) is 12.9. The number of amides is 1. The van der Waals surface area contributed by atoms with Crippen LogP contribution in [0.4, 0.5) is 5.82 Å². The monoisotopic (exact) mass is 275 g/mol. The average molecular weight is 275 g/mol. The number of anilines is 1. The largest absolute Gasteiger partial charge is 0.373 e. The number of likely N-dealkylation sites (tertiary alicyclic amines) is 1. The first-order chi connectivity index (χ1) is 9.41. The average Bonchev–Trinajstić information content (AvgIpc) is 2.46. The number of nitrogens with one attached hydrogen (secondary N) is 1. The Morgan fingerprint density at radius 3 is 2.50 bits per heavy atom. The van der Waals surface area contributed by atoms with E-state index in [1.807, 2.05) is 24.1 Å². The van der Waals surface area contributed by atoms with Crippen LogP contribution in [-0.4, -0.2) is 35.9 Å². The molecule has 110 valence electrons. The van der Waals surface area contributed by atoms with Crippen molar-refractivity contribution in [1.29, 1.82) is 0 Å². The number of pyridine rings is 1. The van der Waals surface area contributed by atoms with Crippen LogP contribution in [0.25, 0.3) is 0 Å². The second-order valence-corrected chi connectivity index (χ2v) is 6.59.